The first kappa shape index (κ1) is 15.6. The first-order valence-corrected chi connectivity index (χ1v) is 7.71. The molecule has 2 aromatic rings. The maximum Gasteiger partial charge on any atom is 0.253 e. The van der Waals surface area contributed by atoms with Crippen molar-refractivity contribution in [2.75, 3.05) is 11.1 Å². The summed E-state index contributed by atoms with van der Waals surface area (Å²) in [6.07, 6.45) is 0. The predicted molar refractivity (Wildman–Crippen MR) is 87.4 cm³/mol. The summed E-state index contributed by atoms with van der Waals surface area (Å²) in [6, 6.07) is 8.48. The molecule has 0 spiro atoms. The van der Waals surface area contributed by atoms with Crippen molar-refractivity contribution in [2.24, 2.45) is 0 Å². The van der Waals surface area contributed by atoms with E-state index in [2.05, 4.69) is 31.2 Å². The van der Waals surface area contributed by atoms with E-state index < -0.39 is 5.25 Å². The lowest BCUT2D eigenvalue weighted by atomic mass is 10.3. The number of rotatable bonds is 4. The summed E-state index contributed by atoms with van der Waals surface area (Å²) in [5, 5.41) is 2.67. The van der Waals surface area contributed by atoms with Crippen molar-refractivity contribution in [3.05, 3.63) is 45.2 Å². The number of aromatic nitrogens is 2. The van der Waals surface area contributed by atoms with Crippen LogP contribution in [0.1, 0.15) is 6.92 Å². The van der Waals surface area contributed by atoms with Crippen LogP contribution in [0.15, 0.2) is 44.8 Å². The first-order chi connectivity index (χ1) is 9.94. The van der Waals surface area contributed by atoms with Crippen molar-refractivity contribution in [1.29, 1.82) is 0 Å². The number of halogens is 1. The second kappa shape index (κ2) is 6.77. The van der Waals surface area contributed by atoms with Crippen molar-refractivity contribution >= 4 is 45.1 Å². The number of nitrogens with zero attached hydrogens (tertiary/aromatic N) is 1. The van der Waals surface area contributed by atoms with E-state index in [-0.39, 0.29) is 17.3 Å². The van der Waals surface area contributed by atoms with Crippen LogP contribution in [-0.4, -0.2) is 21.1 Å². The number of anilines is 2. The summed E-state index contributed by atoms with van der Waals surface area (Å²) < 4.78 is 0.877. The number of aromatic amines is 1. The first-order valence-electron chi connectivity index (χ1n) is 6.04. The number of carbonyl (C=O) groups excluding carboxylic acids is 1. The van der Waals surface area contributed by atoms with Crippen LogP contribution in [0.5, 0.6) is 0 Å². The van der Waals surface area contributed by atoms with Gasteiger partial charge in [-0.05, 0) is 25.1 Å². The number of amides is 1. The molecule has 0 saturated carbocycles. The highest BCUT2D eigenvalue weighted by molar-refractivity contribution is 9.10. The van der Waals surface area contributed by atoms with Crippen LogP contribution < -0.4 is 16.6 Å². The van der Waals surface area contributed by atoms with E-state index in [1.165, 1.54) is 6.07 Å². The maximum atomic E-state index is 12.1. The van der Waals surface area contributed by atoms with Gasteiger partial charge in [-0.15, -0.1) is 0 Å². The smallest absolute Gasteiger partial charge is 0.253 e. The largest absolute Gasteiger partial charge is 0.383 e. The highest BCUT2D eigenvalue weighted by Crippen LogP contribution is 2.21. The quantitative estimate of drug-likeness (QED) is 0.567. The molecule has 6 nitrogen and oxygen atoms in total. The molecule has 8 heteroatoms. The molecule has 0 aliphatic heterocycles. The Morgan fingerprint density at radius 1 is 1.48 bits per heavy atom. The van der Waals surface area contributed by atoms with Gasteiger partial charge < -0.3 is 16.0 Å². The Balaban J connectivity index is 2.04. The van der Waals surface area contributed by atoms with Gasteiger partial charge in [0.15, 0.2) is 5.16 Å². The number of hydrogen-bond donors (Lipinski definition) is 3. The molecule has 0 fully saturated rings. The van der Waals surface area contributed by atoms with Crippen molar-refractivity contribution in [3.63, 3.8) is 0 Å². The molecule has 21 heavy (non-hydrogen) atoms. The fourth-order valence-corrected chi connectivity index (χ4v) is 2.76. The van der Waals surface area contributed by atoms with Crippen molar-refractivity contribution in [3.8, 4) is 0 Å². The Morgan fingerprint density at radius 2 is 2.24 bits per heavy atom. The van der Waals surface area contributed by atoms with Crippen LogP contribution in [0.4, 0.5) is 11.5 Å². The Labute approximate surface area is 133 Å². The van der Waals surface area contributed by atoms with Gasteiger partial charge in [0, 0.05) is 16.2 Å². The van der Waals surface area contributed by atoms with E-state index in [0.29, 0.717) is 10.8 Å². The molecule has 0 saturated heterocycles. The second-order valence-electron chi connectivity index (χ2n) is 4.24. The van der Waals surface area contributed by atoms with Crippen LogP contribution in [0.2, 0.25) is 0 Å². The molecule has 2 rings (SSSR count). The Morgan fingerprint density at radius 3 is 2.90 bits per heavy atom. The molecule has 1 aromatic heterocycles. The third kappa shape index (κ3) is 4.61. The van der Waals surface area contributed by atoms with E-state index in [1.807, 2.05) is 12.1 Å². The molecular formula is C13H13BrN4O2S. The maximum absolute atomic E-state index is 12.1. The van der Waals surface area contributed by atoms with Gasteiger partial charge in [-0.3, -0.25) is 9.59 Å². The molecule has 1 atom stereocenters. The summed E-state index contributed by atoms with van der Waals surface area (Å²) in [5.41, 5.74) is 5.85. The summed E-state index contributed by atoms with van der Waals surface area (Å²) in [7, 11) is 0. The Kier molecular flexibility index (Phi) is 5.03. The third-order valence-corrected chi connectivity index (χ3v) is 3.97. The number of nitrogens with one attached hydrogen (secondary N) is 2. The number of hydrogen-bond acceptors (Lipinski definition) is 5. The van der Waals surface area contributed by atoms with Crippen molar-refractivity contribution in [1.82, 2.24) is 9.97 Å². The van der Waals surface area contributed by atoms with Crippen LogP contribution in [0, 0.1) is 0 Å². The molecule has 0 aliphatic carbocycles. The standard InChI is InChI=1S/C13H13BrN4O2S/c1-7(21-13-17-10(15)6-11(19)18-13)12(20)16-9-4-2-3-8(14)5-9/h2-7H,1H3,(H,16,20)(H3,15,17,18,19). The number of carbonyl (C=O) groups is 1. The molecule has 1 aromatic carbocycles. The van der Waals surface area contributed by atoms with E-state index in [9.17, 15) is 9.59 Å². The lowest BCUT2D eigenvalue weighted by Crippen LogP contribution is -2.23. The van der Waals surface area contributed by atoms with Gasteiger partial charge in [-0.1, -0.05) is 33.8 Å². The summed E-state index contributed by atoms with van der Waals surface area (Å²) in [5.74, 6) is -0.0657. The van der Waals surface area contributed by atoms with Gasteiger partial charge in [0.1, 0.15) is 5.82 Å². The highest BCUT2D eigenvalue weighted by atomic mass is 79.9. The average molecular weight is 369 g/mol. The number of nitrogen functional groups attached to an aromatic ring is 1. The van der Waals surface area contributed by atoms with Crippen LogP contribution in [0.25, 0.3) is 0 Å². The predicted octanol–water partition coefficient (Wildman–Crippen LogP) is 2.23. The van der Waals surface area contributed by atoms with Gasteiger partial charge in [-0.2, -0.15) is 0 Å². The minimum Gasteiger partial charge on any atom is -0.383 e. The van der Waals surface area contributed by atoms with Crippen LogP contribution in [-0.2, 0) is 4.79 Å². The molecular weight excluding hydrogens is 356 g/mol. The van der Waals surface area contributed by atoms with Gasteiger partial charge in [-0.25, -0.2) is 4.98 Å². The zero-order valence-corrected chi connectivity index (χ0v) is 13.5. The summed E-state index contributed by atoms with van der Waals surface area (Å²) in [6.45, 7) is 1.72. The van der Waals surface area contributed by atoms with Gasteiger partial charge in [0.2, 0.25) is 5.91 Å². The average Bonchev–Trinajstić information content (AvgIpc) is 2.37. The minimum atomic E-state index is -0.436. The van der Waals surface area contributed by atoms with Gasteiger partial charge in [0.25, 0.3) is 5.56 Å². The summed E-state index contributed by atoms with van der Waals surface area (Å²) in [4.78, 5) is 29.9. The number of thioether (sulfide) groups is 1. The summed E-state index contributed by atoms with van der Waals surface area (Å²) >= 11 is 4.47. The lowest BCUT2D eigenvalue weighted by molar-refractivity contribution is -0.115. The topological polar surface area (TPSA) is 101 Å². The van der Waals surface area contributed by atoms with E-state index in [1.54, 1.807) is 19.1 Å². The van der Waals surface area contributed by atoms with Crippen molar-refractivity contribution < 1.29 is 4.79 Å². The molecule has 0 radical (unpaired) electrons. The molecule has 0 bridgehead atoms. The molecule has 0 aliphatic rings. The number of nitrogens with two attached hydrogens (primary N) is 1. The fourth-order valence-electron chi connectivity index (χ4n) is 1.54. The monoisotopic (exact) mass is 368 g/mol. The SMILES string of the molecule is CC(Sc1nc(N)cc(=O)[nH]1)C(=O)Nc1cccc(Br)c1. The normalized spacial score (nSPS) is 11.9. The fraction of sp³-hybridized carbons (Fsp3) is 0.154. The zero-order valence-electron chi connectivity index (χ0n) is 11.1. The van der Waals surface area contributed by atoms with Gasteiger partial charge in [0.05, 0.1) is 5.25 Å². The number of benzene rings is 1. The number of H-pyrrole nitrogens is 1. The molecule has 1 unspecified atom stereocenters. The second-order valence-corrected chi connectivity index (χ2v) is 6.48. The lowest BCUT2D eigenvalue weighted by Gasteiger charge is -2.11. The van der Waals surface area contributed by atoms with E-state index in [4.69, 9.17) is 5.73 Å². The van der Waals surface area contributed by atoms with Crippen LogP contribution in [0.3, 0.4) is 0 Å². The van der Waals surface area contributed by atoms with Crippen molar-refractivity contribution in [2.45, 2.75) is 17.3 Å². The minimum absolute atomic E-state index is 0.126. The molecule has 1 heterocycles. The third-order valence-electron chi connectivity index (χ3n) is 2.49. The molecule has 110 valence electrons. The Bertz CT molecular complexity index is 719. The molecule has 4 N–H and O–H groups in total. The van der Waals surface area contributed by atoms with Gasteiger partial charge >= 0.3 is 0 Å². The van der Waals surface area contributed by atoms with Crippen LogP contribution >= 0.6 is 27.7 Å². The molecule has 1 amide bonds. The highest BCUT2D eigenvalue weighted by Gasteiger charge is 2.16. The van der Waals surface area contributed by atoms with E-state index in [0.717, 1.165) is 16.2 Å². The Hall–Kier alpha value is -1.80. The zero-order chi connectivity index (χ0) is 15.4. The van der Waals surface area contributed by atoms with E-state index >= 15 is 0 Å².